The van der Waals surface area contributed by atoms with E-state index in [0.717, 1.165) is 0 Å². The summed E-state index contributed by atoms with van der Waals surface area (Å²) in [5.74, 6) is -1.05. The second-order valence-electron chi connectivity index (χ2n) is 4.22. The Kier molecular flexibility index (Phi) is 8.01. The van der Waals surface area contributed by atoms with E-state index >= 15 is 0 Å². The van der Waals surface area contributed by atoms with Crippen LogP contribution in [0, 0.1) is 10.1 Å². The van der Waals surface area contributed by atoms with Crippen molar-refractivity contribution >= 4 is 0 Å². The minimum Gasteiger partial charge on any atom is -0.311 e. The number of likely N-dealkylation sites (N-methyl/N-ethyl adjacent to an activating group) is 3. The highest BCUT2D eigenvalue weighted by Crippen LogP contribution is 2.12. The third kappa shape index (κ3) is 4.85. The first kappa shape index (κ1) is 17.2. The van der Waals surface area contributed by atoms with E-state index in [-0.39, 0.29) is 6.10 Å². The number of rotatable bonds is 10. The first-order valence-corrected chi connectivity index (χ1v) is 6.47. The SMILES string of the molecule is CCNC(NCC)(NCC)C(OC(C)C)[N+](=O)[O-]. The lowest BCUT2D eigenvalue weighted by Crippen LogP contribution is -2.75. The standard InChI is InChI=1S/C11H26N4O3/c1-6-12-11(13-7-2,14-8-3)10(15(16)17)18-9(4)5/h9-10,12-14H,6-8H2,1-5H3. The largest absolute Gasteiger partial charge is 0.361 e. The number of nitro groups is 1. The van der Waals surface area contributed by atoms with Crippen molar-refractivity contribution in [3.63, 3.8) is 0 Å². The van der Waals surface area contributed by atoms with Crippen LogP contribution in [0.5, 0.6) is 0 Å². The lowest BCUT2D eigenvalue weighted by Gasteiger charge is -2.37. The predicted octanol–water partition coefficient (Wildman–Crippen LogP) is 0.497. The van der Waals surface area contributed by atoms with Crippen molar-refractivity contribution in [3.8, 4) is 0 Å². The molecule has 0 heterocycles. The fourth-order valence-electron chi connectivity index (χ4n) is 1.85. The van der Waals surface area contributed by atoms with Gasteiger partial charge in [-0.2, -0.15) is 0 Å². The molecule has 0 rings (SSSR count). The molecule has 0 saturated heterocycles. The fraction of sp³-hybridized carbons (Fsp3) is 1.00. The molecule has 7 nitrogen and oxygen atoms in total. The minimum absolute atomic E-state index is 0.226. The van der Waals surface area contributed by atoms with Crippen LogP contribution in [0.15, 0.2) is 0 Å². The Morgan fingerprint density at radius 1 is 1.11 bits per heavy atom. The molecule has 18 heavy (non-hydrogen) atoms. The van der Waals surface area contributed by atoms with Crippen molar-refractivity contribution < 1.29 is 9.66 Å². The molecular weight excluding hydrogens is 236 g/mol. The molecule has 0 aliphatic heterocycles. The lowest BCUT2D eigenvalue weighted by atomic mass is 10.2. The van der Waals surface area contributed by atoms with Gasteiger partial charge in [-0.25, -0.2) is 0 Å². The molecule has 0 aromatic heterocycles. The van der Waals surface area contributed by atoms with E-state index in [1.54, 1.807) is 13.8 Å². The average molecular weight is 262 g/mol. The molecule has 7 heteroatoms. The summed E-state index contributed by atoms with van der Waals surface area (Å²) < 4.78 is 5.45. The minimum atomic E-state index is -1.20. The van der Waals surface area contributed by atoms with Crippen molar-refractivity contribution in [1.29, 1.82) is 0 Å². The van der Waals surface area contributed by atoms with Crippen LogP contribution in [0.3, 0.4) is 0 Å². The van der Waals surface area contributed by atoms with Gasteiger partial charge in [0.05, 0.1) is 11.0 Å². The summed E-state index contributed by atoms with van der Waals surface area (Å²) in [6, 6.07) is 0. The van der Waals surface area contributed by atoms with Crippen molar-refractivity contribution in [3.05, 3.63) is 10.1 Å². The van der Waals surface area contributed by atoms with Crippen LogP contribution in [0.1, 0.15) is 34.6 Å². The molecule has 1 unspecified atom stereocenters. The molecule has 108 valence electrons. The third-order valence-corrected chi connectivity index (χ3v) is 2.33. The van der Waals surface area contributed by atoms with Crippen LogP contribution in [-0.4, -0.2) is 42.7 Å². The van der Waals surface area contributed by atoms with Gasteiger partial charge in [0.1, 0.15) is 0 Å². The Hall–Kier alpha value is -0.760. The summed E-state index contributed by atoms with van der Waals surface area (Å²) >= 11 is 0. The lowest BCUT2D eigenvalue weighted by molar-refractivity contribution is -0.596. The highest BCUT2D eigenvalue weighted by Gasteiger charge is 2.47. The normalized spacial score (nSPS) is 13.9. The summed E-state index contributed by atoms with van der Waals surface area (Å²) in [6.07, 6.45) is -1.42. The second kappa shape index (κ2) is 8.36. The number of hydrogen-bond donors (Lipinski definition) is 3. The maximum absolute atomic E-state index is 11.3. The molecule has 3 N–H and O–H groups in total. The Balaban J connectivity index is 5.21. The Labute approximate surface area is 109 Å². The van der Waals surface area contributed by atoms with Crippen LogP contribution in [0.25, 0.3) is 0 Å². The first-order valence-electron chi connectivity index (χ1n) is 6.47. The molecule has 0 bridgehead atoms. The summed E-state index contributed by atoms with van der Waals surface area (Å²) in [7, 11) is 0. The molecule has 0 aliphatic carbocycles. The van der Waals surface area contributed by atoms with Gasteiger partial charge in [0.25, 0.3) is 0 Å². The number of hydrogen-bond acceptors (Lipinski definition) is 6. The Morgan fingerprint density at radius 2 is 1.50 bits per heavy atom. The van der Waals surface area contributed by atoms with Crippen molar-refractivity contribution in [2.24, 2.45) is 0 Å². The maximum Gasteiger partial charge on any atom is 0.361 e. The zero-order chi connectivity index (χ0) is 14.2. The van der Waals surface area contributed by atoms with Crippen molar-refractivity contribution in [2.45, 2.75) is 52.7 Å². The monoisotopic (exact) mass is 262 g/mol. The summed E-state index contributed by atoms with van der Waals surface area (Å²) in [6.45, 7) is 11.0. The van der Waals surface area contributed by atoms with E-state index in [2.05, 4.69) is 16.0 Å². The molecule has 0 saturated carbocycles. The molecule has 0 radical (unpaired) electrons. The zero-order valence-corrected chi connectivity index (χ0v) is 11.9. The van der Waals surface area contributed by atoms with Gasteiger partial charge in [0.15, 0.2) is 0 Å². The second-order valence-corrected chi connectivity index (χ2v) is 4.22. The van der Waals surface area contributed by atoms with Gasteiger partial charge in [-0.15, -0.1) is 0 Å². The van der Waals surface area contributed by atoms with Crippen LogP contribution in [0.2, 0.25) is 0 Å². The smallest absolute Gasteiger partial charge is 0.311 e. The van der Waals surface area contributed by atoms with Gasteiger partial charge in [-0.1, -0.05) is 20.8 Å². The van der Waals surface area contributed by atoms with E-state index in [1.165, 1.54) is 0 Å². The zero-order valence-electron chi connectivity index (χ0n) is 11.9. The highest BCUT2D eigenvalue weighted by molar-refractivity contribution is 4.85. The van der Waals surface area contributed by atoms with Crippen molar-refractivity contribution in [1.82, 2.24) is 16.0 Å². The van der Waals surface area contributed by atoms with Gasteiger partial charge in [-0.3, -0.25) is 26.1 Å². The maximum atomic E-state index is 11.3. The van der Waals surface area contributed by atoms with E-state index in [0.29, 0.717) is 19.6 Å². The van der Waals surface area contributed by atoms with Crippen molar-refractivity contribution in [2.75, 3.05) is 19.6 Å². The van der Waals surface area contributed by atoms with E-state index in [1.807, 2.05) is 20.8 Å². The van der Waals surface area contributed by atoms with E-state index < -0.39 is 16.9 Å². The Morgan fingerprint density at radius 3 is 1.72 bits per heavy atom. The first-order chi connectivity index (χ1) is 8.43. The van der Waals surface area contributed by atoms with E-state index in [4.69, 9.17) is 4.74 Å². The van der Waals surface area contributed by atoms with Gasteiger partial charge in [-0.05, 0) is 33.5 Å². The quantitative estimate of drug-likeness (QED) is 0.302. The van der Waals surface area contributed by atoms with Crippen LogP contribution in [-0.2, 0) is 4.74 Å². The number of ether oxygens (including phenoxy) is 1. The highest BCUT2D eigenvalue weighted by atomic mass is 16.7. The molecule has 0 aliphatic rings. The fourth-order valence-corrected chi connectivity index (χ4v) is 1.85. The third-order valence-electron chi connectivity index (χ3n) is 2.33. The Bertz CT molecular complexity index is 231. The molecule has 0 aromatic rings. The van der Waals surface area contributed by atoms with Crippen LogP contribution >= 0.6 is 0 Å². The van der Waals surface area contributed by atoms with Gasteiger partial charge in [0, 0.05) is 0 Å². The van der Waals surface area contributed by atoms with Crippen LogP contribution < -0.4 is 16.0 Å². The molecule has 0 spiro atoms. The summed E-state index contributed by atoms with van der Waals surface area (Å²) in [5.41, 5.74) is 0. The number of nitrogens with one attached hydrogen (secondary N) is 3. The van der Waals surface area contributed by atoms with Crippen LogP contribution in [0.4, 0.5) is 0 Å². The predicted molar refractivity (Wildman–Crippen MR) is 70.8 cm³/mol. The number of nitrogens with zero attached hydrogens (tertiary/aromatic N) is 1. The molecule has 0 fully saturated rings. The van der Waals surface area contributed by atoms with Gasteiger partial charge in [0.2, 0.25) is 5.79 Å². The average Bonchev–Trinajstić information content (AvgIpc) is 2.26. The van der Waals surface area contributed by atoms with E-state index in [9.17, 15) is 10.1 Å². The van der Waals surface area contributed by atoms with Gasteiger partial charge < -0.3 is 4.74 Å². The molecular formula is C11H26N4O3. The summed E-state index contributed by atoms with van der Waals surface area (Å²) in [5, 5.41) is 20.6. The molecule has 0 aromatic carbocycles. The molecule has 1 atom stereocenters. The molecule has 0 amide bonds. The van der Waals surface area contributed by atoms with Gasteiger partial charge >= 0.3 is 6.23 Å². The summed E-state index contributed by atoms with van der Waals surface area (Å²) in [4.78, 5) is 10.9. The topological polar surface area (TPSA) is 88.5 Å².